The topological polar surface area (TPSA) is 20.2 Å². The second kappa shape index (κ2) is 8.09. The molecule has 0 unspecified atom stereocenters. The summed E-state index contributed by atoms with van der Waals surface area (Å²) in [4.78, 5) is 1.01. The van der Waals surface area contributed by atoms with Crippen LogP contribution in [0.5, 0.6) is 0 Å². The van der Waals surface area contributed by atoms with Crippen molar-refractivity contribution in [2.24, 2.45) is 0 Å². The molecule has 0 aliphatic carbocycles. The van der Waals surface area contributed by atoms with Crippen LogP contribution >= 0.6 is 23.4 Å². The molecule has 0 amide bonds. The molecule has 2 aromatic rings. The molecule has 0 aliphatic heterocycles. The number of halogens is 2. The van der Waals surface area contributed by atoms with Crippen molar-refractivity contribution in [3.05, 3.63) is 64.4 Å². The summed E-state index contributed by atoms with van der Waals surface area (Å²) in [6.45, 7) is 0.0177. The number of hydrogen-bond donors (Lipinski definition) is 1. The first-order valence-electron chi connectivity index (χ1n) is 6.45. The maximum atomic E-state index is 14.0. The van der Waals surface area contributed by atoms with Crippen LogP contribution in [0.25, 0.3) is 0 Å². The van der Waals surface area contributed by atoms with Crippen molar-refractivity contribution in [2.45, 2.75) is 17.1 Å². The molecule has 0 aromatic heterocycles. The van der Waals surface area contributed by atoms with Gasteiger partial charge in [-0.2, -0.15) is 0 Å². The Morgan fingerprint density at radius 3 is 2.76 bits per heavy atom. The van der Waals surface area contributed by atoms with Gasteiger partial charge in [0.1, 0.15) is 5.82 Å². The Kier molecular flexibility index (Phi) is 6.13. The van der Waals surface area contributed by atoms with Gasteiger partial charge < -0.3 is 5.11 Å². The molecule has 1 N–H and O–H groups in total. The molecular formula is C17H14ClFOS. The van der Waals surface area contributed by atoms with Crippen LogP contribution < -0.4 is 0 Å². The molecule has 2 aromatic carbocycles. The lowest BCUT2D eigenvalue weighted by molar-refractivity contribution is 0.305. The van der Waals surface area contributed by atoms with Gasteiger partial charge >= 0.3 is 0 Å². The maximum Gasteiger partial charge on any atom is 0.128 e. The predicted octanol–water partition coefficient (Wildman–Crippen LogP) is 4.51. The van der Waals surface area contributed by atoms with Gasteiger partial charge in [0.15, 0.2) is 0 Å². The van der Waals surface area contributed by atoms with Crippen LogP contribution in [0, 0.1) is 17.7 Å². The highest BCUT2D eigenvalue weighted by atomic mass is 35.5. The minimum atomic E-state index is -0.264. The zero-order chi connectivity index (χ0) is 15.1. The van der Waals surface area contributed by atoms with Crippen LogP contribution in [0.3, 0.4) is 0 Å². The fourth-order valence-electron chi connectivity index (χ4n) is 1.68. The van der Waals surface area contributed by atoms with Gasteiger partial charge in [-0.3, -0.25) is 0 Å². The summed E-state index contributed by atoms with van der Waals surface area (Å²) in [5, 5.41) is 9.33. The first kappa shape index (κ1) is 15.9. The van der Waals surface area contributed by atoms with E-state index in [1.807, 2.05) is 24.3 Å². The first-order chi connectivity index (χ1) is 10.2. The van der Waals surface area contributed by atoms with E-state index < -0.39 is 0 Å². The third kappa shape index (κ3) is 5.09. The van der Waals surface area contributed by atoms with Gasteiger partial charge in [-0.05, 0) is 35.9 Å². The molecule has 4 heteroatoms. The number of aliphatic hydroxyl groups is 1. The number of thioether (sulfide) groups is 1. The van der Waals surface area contributed by atoms with E-state index in [-0.39, 0.29) is 12.4 Å². The molecule has 0 saturated heterocycles. The van der Waals surface area contributed by atoms with Crippen LogP contribution in [-0.2, 0) is 5.75 Å². The lowest BCUT2D eigenvalue weighted by atomic mass is 10.1. The van der Waals surface area contributed by atoms with Crippen molar-refractivity contribution in [3.8, 4) is 11.8 Å². The van der Waals surface area contributed by atoms with Crippen molar-refractivity contribution in [1.29, 1.82) is 0 Å². The molecule has 0 fully saturated rings. The number of rotatable bonds is 4. The van der Waals surface area contributed by atoms with Gasteiger partial charge in [0, 0.05) is 27.7 Å². The standard InChI is InChI=1S/C17H14ClFOS/c18-15-5-3-6-16(11-15)21-12-14-8-7-13(10-17(14)19)4-1-2-9-20/h3,5-8,10-11,20H,2,9,12H2. The molecule has 0 aliphatic rings. The van der Waals surface area contributed by atoms with Gasteiger partial charge in [-0.1, -0.05) is 35.6 Å². The Balaban J connectivity index is 2.03. The van der Waals surface area contributed by atoms with Crippen LogP contribution in [0.1, 0.15) is 17.5 Å². The largest absolute Gasteiger partial charge is 0.395 e. The zero-order valence-corrected chi connectivity index (χ0v) is 12.8. The highest BCUT2D eigenvalue weighted by molar-refractivity contribution is 7.98. The van der Waals surface area contributed by atoms with E-state index in [9.17, 15) is 4.39 Å². The fourth-order valence-corrected chi connectivity index (χ4v) is 2.88. The van der Waals surface area contributed by atoms with E-state index >= 15 is 0 Å². The zero-order valence-electron chi connectivity index (χ0n) is 11.3. The SMILES string of the molecule is OCCC#Cc1ccc(CSc2cccc(Cl)c2)c(F)c1. The number of aliphatic hydroxyl groups excluding tert-OH is 1. The average molecular weight is 321 g/mol. The summed E-state index contributed by atoms with van der Waals surface area (Å²) < 4.78 is 14.0. The molecule has 0 atom stereocenters. The lowest BCUT2D eigenvalue weighted by Crippen LogP contribution is -1.89. The highest BCUT2D eigenvalue weighted by Crippen LogP contribution is 2.26. The van der Waals surface area contributed by atoms with Crippen LogP contribution in [0.2, 0.25) is 5.02 Å². The van der Waals surface area contributed by atoms with Gasteiger partial charge in [-0.25, -0.2) is 4.39 Å². The van der Waals surface area contributed by atoms with Crippen molar-refractivity contribution in [3.63, 3.8) is 0 Å². The summed E-state index contributed by atoms with van der Waals surface area (Å²) in [7, 11) is 0. The number of hydrogen-bond acceptors (Lipinski definition) is 2. The smallest absolute Gasteiger partial charge is 0.128 e. The van der Waals surface area contributed by atoms with Gasteiger partial charge in [-0.15, -0.1) is 11.8 Å². The van der Waals surface area contributed by atoms with E-state index in [0.29, 0.717) is 28.3 Å². The fraction of sp³-hybridized carbons (Fsp3) is 0.176. The molecular weight excluding hydrogens is 307 g/mol. The van der Waals surface area contributed by atoms with E-state index in [1.54, 1.807) is 12.1 Å². The average Bonchev–Trinajstić information content (AvgIpc) is 2.47. The highest BCUT2D eigenvalue weighted by Gasteiger charge is 2.04. The Morgan fingerprint density at radius 2 is 2.05 bits per heavy atom. The third-order valence-electron chi connectivity index (χ3n) is 2.71. The van der Waals surface area contributed by atoms with Crippen molar-refractivity contribution in [1.82, 2.24) is 0 Å². The quantitative estimate of drug-likeness (QED) is 0.661. The summed E-state index contributed by atoms with van der Waals surface area (Å²) in [5.41, 5.74) is 1.25. The third-order valence-corrected chi connectivity index (χ3v) is 3.99. The summed E-state index contributed by atoms with van der Waals surface area (Å²) in [5.74, 6) is 5.87. The molecule has 0 heterocycles. The second-order valence-corrected chi connectivity index (χ2v) is 5.81. The van der Waals surface area contributed by atoms with Gasteiger partial charge in [0.05, 0.1) is 6.61 Å². The van der Waals surface area contributed by atoms with E-state index in [4.69, 9.17) is 16.7 Å². The van der Waals surface area contributed by atoms with Crippen molar-refractivity contribution in [2.75, 3.05) is 6.61 Å². The molecule has 1 nitrogen and oxygen atoms in total. The monoisotopic (exact) mass is 320 g/mol. The molecule has 0 saturated carbocycles. The Hall–Kier alpha value is -1.47. The maximum absolute atomic E-state index is 14.0. The van der Waals surface area contributed by atoms with Crippen molar-refractivity contribution < 1.29 is 9.50 Å². The molecule has 21 heavy (non-hydrogen) atoms. The van der Waals surface area contributed by atoms with Gasteiger partial charge in [0.25, 0.3) is 0 Å². The Bertz CT molecular complexity index is 676. The predicted molar refractivity (Wildman–Crippen MR) is 86.0 cm³/mol. The van der Waals surface area contributed by atoms with Gasteiger partial charge in [0.2, 0.25) is 0 Å². The first-order valence-corrected chi connectivity index (χ1v) is 7.82. The van der Waals surface area contributed by atoms with Crippen LogP contribution in [-0.4, -0.2) is 11.7 Å². The summed E-state index contributed by atoms with van der Waals surface area (Å²) in [6, 6.07) is 12.5. The molecule has 0 radical (unpaired) electrons. The Morgan fingerprint density at radius 1 is 1.19 bits per heavy atom. The lowest BCUT2D eigenvalue weighted by Gasteiger charge is -2.04. The molecule has 2 rings (SSSR count). The molecule has 0 bridgehead atoms. The van der Waals surface area contributed by atoms with E-state index in [1.165, 1.54) is 17.8 Å². The molecule has 108 valence electrons. The number of benzene rings is 2. The minimum Gasteiger partial charge on any atom is -0.395 e. The van der Waals surface area contributed by atoms with Crippen molar-refractivity contribution >= 4 is 23.4 Å². The van der Waals surface area contributed by atoms with E-state index in [0.717, 1.165) is 4.90 Å². The van der Waals surface area contributed by atoms with Crippen LogP contribution in [0.15, 0.2) is 47.4 Å². The summed E-state index contributed by atoms with van der Waals surface area (Å²) >= 11 is 7.45. The van der Waals surface area contributed by atoms with Crippen LogP contribution in [0.4, 0.5) is 4.39 Å². The van der Waals surface area contributed by atoms with E-state index in [2.05, 4.69) is 11.8 Å². The second-order valence-electron chi connectivity index (χ2n) is 4.33. The normalized spacial score (nSPS) is 10.0. The minimum absolute atomic E-state index is 0.0177. The molecule has 0 spiro atoms. The summed E-state index contributed by atoms with van der Waals surface area (Å²) in [6.07, 6.45) is 0.397. The Labute approximate surface area is 133 Å².